The van der Waals surface area contributed by atoms with Crippen LogP contribution in [0.2, 0.25) is 0 Å². The van der Waals surface area contributed by atoms with Gasteiger partial charge in [0.1, 0.15) is 12.2 Å². The van der Waals surface area contributed by atoms with Gasteiger partial charge in [0.05, 0.1) is 13.2 Å². The topological polar surface area (TPSA) is 139 Å². The number of aliphatic hydroxyl groups excluding tert-OH is 4. The predicted octanol–water partition coefficient (Wildman–Crippen LogP) is -2.02. The van der Waals surface area contributed by atoms with Crippen molar-refractivity contribution in [1.29, 1.82) is 0 Å². The van der Waals surface area contributed by atoms with Gasteiger partial charge in [-0.2, -0.15) is 0 Å². The van der Waals surface area contributed by atoms with Gasteiger partial charge in [-0.05, 0) is 0 Å². The Bertz CT molecular complexity index is 348. The lowest BCUT2D eigenvalue weighted by atomic mass is 9.87. The zero-order valence-electron chi connectivity index (χ0n) is 13.6. The van der Waals surface area contributed by atoms with Gasteiger partial charge in [-0.25, -0.2) is 0 Å². The normalized spacial score (nSPS) is 15.1. The molecular weight excluding hydrogens is 292 g/mol. The Morgan fingerprint density at radius 1 is 0.818 bits per heavy atom. The molecule has 6 N–H and O–H groups in total. The molecule has 0 fully saturated rings. The van der Waals surface area contributed by atoms with Crippen LogP contribution in [0, 0.1) is 10.8 Å². The summed E-state index contributed by atoms with van der Waals surface area (Å²) in [6, 6.07) is 0. The van der Waals surface area contributed by atoms with E-state index in [1.54, 1.807) is 27.7 Å². The summed E-state index contributed by atoms with van der Waals surface area (Å²) in [6.07, 6.45) is -2.74. The summed E-state index contributed by atoms with van der Waals surface area (Å²) < 4.78 is 0. The smallest absolute Gasteiger partial charge is 0.249 e. The second kappa shape index (κ2) is 8.42. The molecule has 8 heteroatoms. The molecule has 0 aromatic carbocycles. The Kier molecular flexibility index (Phi) is 7.96. The first-order valence-corrected chi connectivity index (χ1v) is 7.13. The van der Waals surface area contributed by atoms with Gasteiger partial charge in [-0.3, -0.25) is 9.59 Å². The van der Waals surface area contributed by atoms with Crippen molar-refractivity contribution in [1.82, 2.24) is 10.6 Å². The van der Waals surface area contributed by atoms with Crippen LogP contribution in [0.4, 0.5) is 0 Å². The Balaban J connectivity index is 4.19. The van der Waals surface area contributed by atoms with Crippen LogP contribution in [0.25, 0.3) is 0 Å². The fourth-order valence-electron chi connectivity index (χ4n) is 1.45. The Hall–Kier alpha value is -1.22. The second-order valence-electron chi connectivity index (χ2n) is 6.68. The summed E-state index contributed by atoms with van der Waals surface area (Å²) in [7, 11) is 0. The van der Waals surface area contributed by atoms with Gasteiger partial charge < -0.3 is 31.1 Å². The van der Waals surface area contributed by atoms with Crippen LogP contribution in [0.3, 0.4) is 0 Å². The average molecular weight is 320 g/mol. The number of aliphatic hydroxyl groups is 4. The van der Waals surface area contributed by atoms with E-state index in [-0.39, 0.29) is 26.3 Å². The summed E-state index contributed by atoms with van der Waals surface area (Å²) >= 11 is 0. The molecule has 0 aliphatic rings. The van der Waals surface area contributed by atoms with Crippen LogP contribution in [-0.2, 0) is 9.59 Å². The zero-order chi connectivity index (χ0) is 17.6. The molecule has 2 atom stereocenters. The number of nitrogens with one attached hydrogen (secondary N) is 2. The Morgan fingerprint density at radius 3 is 1.32 bits per heavy atom. The molecule has 22 heavy (non-hydrogen) atoms. The number of hydrogen-bond donors (Lipinski definition) is 6. The molecule has 0 saturated heterocycles. The fraction of sp³-hybridized carbons (Fsp3) is 0.857. The van der Waals surface area contributed by atoms with Crippen molar-refractivity contribution in [2.45, 2.75) is 39.9 Å². The van der Waals surface area contributed by atoms with Crippen LogP contribution in [0.15, 0.2) is 0 Å². The molecule has 0 spiro atoms. The molecule has 0 aliphatic carbocycles. The molecular formula is C14H28N2O6. The quantitative estimate of drug-likeness (QED) is 0.271. The van der Waals surface area contributed by atoms with Gasteiger partial charge in [0.15, 0.2) is 0 Å². The summed E-state index contributed by atoms with van der Waals surface area (Å²) in [6.45, 7) is 5.63. The van der Waals surface area contributed by atoms with Crippen molar-refractivity contribution >= 4 is 11.8 Å². The molecule has 2 amide bonds. The van der Waals surface area contributed by atoms with Gasteiger partial charge in [0, 0.05) is 23.9 Å². The highest BCUT2D eigenvalue weighted by Gasteiger charge is 2.34. The van der Waals surface area contributed by atoms with Gasteiger partial charge in [-0.15, -0.1) is 0 Å². The largest absolute Gasteiger partial charge is 0.396 e. The van der Waals surface area contributed by atoms with Gasteiger partial charge in [-0.1, -0.05) is 27.7 Å². The molecule has 0 aliphatic heterocycles. The van der Waals surface area contributed by atoms with E-state index >= 15 is 0 Å². The summed E-state index contributed by atoms with van der Waals surface area (Å²) in [5.74, 6) is -1.30. The molecule has 0 saturated carbocycles. The van der Waals surface area contributed by atoms with E-state index in [4.69, 9.17) is 10.2 Å². The monoisotopic (exact) mass is 320 g/mol. The van der Waals surface area contributed by atoms with E-state index < -0.39 is 34.9 Å². The molecule has 1 unspecified atom stereocenters. The van der Waals surface area contributed by atoms with Crippen molar-refractivity contribution in [3.63, 3.8) is 0 Å². The first-order chi connectivity index (χ1) is 9.99. The number of carbonyl (C=O) groups is 2. The minimum absolute atomic E-state index is 0.0649. The summed E-state index contributed by atoms with van der Waals surface area (Å²) in [5.41, 5.74) is -1.93. The third-order valence-electron chi connectivity index (χ3n) is 3.52. The van der Waals surface area contributed by atoms with Crippen molar-refractivity contribution < 1.29 is 30.0 Å². The first-order valence-electron chi connectivity index (χ1n) is 7.13. The zero-order valence-corrected chi connectivity index (χ0v) is 13.6. The van der Waals surface area contributed by atoms with Crippen molar-refractivity contribution in [2.75, 3.05) is 26.3 Å². The second-order valence-corrected chi connectivity index (χ2v) is 6.68. The SMILES string of the molecule is CC(C)(CO)C(O)C(=O)NCCNC(=O)[C@@H](O)C(C)(C)CO. The average Bonchev–Trinajstić information content (AvgIpc) is 2.49. The molecule has 0 aromatic rings. The lowest BCUT2D eigenvalue weighted by Crippen LogP contribution is -2.49. The maximum absolute atomic E-state index is 11.7. The number of hydrogen-bond acceptors (Lipinski definition) is 6. The molecule has 8 nitrogen and oxygen atoms in total. The molecule has 0 heterocycles. The van der Waals surface area contributed by atoms with E-state index in [0.29, 0.717) is 0 Å². The minimum Gasteiger partial charge on any atom is -0.396 e. The lowest BCUT2D eigenvalue weighted by molar-refractivity contribution is -0.138. The number of rotatable bonds is 9. The predicted molar refractivity (Wildman–Crippen MR) is 79.8 cm³/mol. The van der Waals surface area contributed by atoms with Gasteiger partial charge in [0.25, 0.3) is 0 Å². The maximum Gasteiger partial charge on any atom is 0.249 e. The van der Waals surface area contributed by atoms with E-state index in [1.165, 1.54) is 0 Å². The number of amides is 2. The molecule has 0 bridgehead atoms. The van der Waals surface area contributed by atoms with Gasteiger partial charge >= 0.3 is 0 Å². The summed E-state index contributed by atoms with van der Waals surface area (Å²) in [5, 5.41) is 42.5. The Labute approximate surface area is 130 Å². The molecule has 0 radical (unpaired) electrons. The van der Waals surface area contributed by atoms with E-state index in [2.05, 4.69) is 10.6 Å². The molecule has 0 rings (SSSR count). The highest BCUT2D eigenvalue weighted by molar-refractivity contribution is 5.82. The highest BCUT2D eigenvalue weighted by atomic mass is 16.3. The molecule has 0 aromatic heterocycles. The standard InChI is InChI=1S/C14H28N2O6/c1-13(2,7-17)9(19)11(21)15-5-6-16-12(22)10(20)14(3,4)8-18/h9-10,17-20H,5-8H2,1-4H3,(H,15,21)(H,16,22)/t9-,10?/m1/s1. The third kappa shape index (κ3) is 5.88. The molecule has 130 valence electrons. The lowest BCUT2D eigenvalue weighted by Gasteiger charge is -2.28. The van der Waals surface area contributed by atoms with Crippen molar-refractivity contribution in [2.24, 2.45) is 10.8 Å². The van der Waals surface area contributed by atoms with Crippen LogP contribution in [0.1, 0.15) is 27.7 Å². The van der Waals surface area contributed by atoms with E-state index in [9.17, 15) is 19.8 Å². The van der Waals surface area contributed by atoms with Crippen LogP contribution in [0.5, 0.6) is 0 Å². The summed E-state index contributed by atoms with van der Waals surface area (Å²) in [4.78, 5) is 23.3. The Morgan fingerprint density at radius 2 is 1.09 bits per heavy atom. The fourth-order valence-corrected chi connectivity index (χ4v) is 1.45. The third-order valence-corrected chi connectivity index (χ3v) is 3.52. The van der Waals surface area contributed by atoms with E-state index in [1.807, 2.05) is 0 Å². The number of carbonyl (C=O) groups excluding carboxylic acids is 2. The van der Waals surface area contributed by atoms with E-state index in [0.717, 1.165) is 0 Å². The highest BCUT2D eigenvalue weighted by Crippen LogP contribution is 2.20. The van der Waals surface area contributed by atoms with Crippen LogP contribution < -0.4 is 10.6 Å². The van der Waals surface area contributed by atoms with Crippen LogP contribution in [-0.4, -0.2) is 70.8 Å². The van der Waals surface area contributed by atoms with Crippen molar-refractivity contribution in [3.8, 4) is 0 Å². The van der Waals surface area contributed by atoms with Gasteiger partial charge in [0.2, 0.25) is 11.8 Å². The maximum atomic E-state index is 11.7. The minimum atomic E-state index is -1.37. The van der Waals surface area contributed by atoms with Crippen LogP contribution >= 0.6 is 0 Å². The first kappa shape index (κ1) is 20.8. The van der Waals surface area contributed by atoms with Crippen molar-refractivity contribution in [3.05, 3.63) is 0 Å².